The predicted octanol–water partition coefficient (Wildman–Crippen LogP) is 11.1. The van der Waals surface area contributed by atoms with Crippen LogP contribution in [0.5, 0.6) is 0 Å². The van der Waals surface area contributed by atoms with Crippen molar-refractivity contribution in [2.75, 3.05) is 81.7 Å². The molecule has 0 aliphatic carbocycles. The Labute approximate surface area is 545 Å². The minimum Gasteiger partial charge on any atom is -0.374 e. The van der Waals surface area contributed by atoms with Gasteiger partial charge in [0.1, 0.15) is 0 Å². The fraction of sp³-hybridized carbons (Fsp3) is 0.219. The van der Waals surface area contributed by atoms with E-state index in [1.807, 2.05) is 167 Å². The smallest absolute Gasteiger partial charge is 0.273 e. The SMILES string of the molecule is CN(C)C1=CCC(=O)NC1=O.CN(C)c1cnc(Cl)nc1Cl.CN(C)c1cnc(Cl)nc1NCc1ccccc1.Cc1cc2c(C#N)cccc2[nH]1.Cc1cc2c(C#N)cccc2n1-c1ncc(N(C)C)c(NCc2ccccc2)n1.O=C1CC=C(Br)C(=O)N1. The van der Waals surface area contributed by atoms with E-state index >= 15 is 0 Å². The molecule has 0 fully saturated rings. The largest absolute Gasteiger partial charge is 0.374 e. The lowest BCUT2D eigenvalue weighted by molar-refractivity contribution is -0.130. The Kier molecular flexibility index (Phi) is 25.7. The van der Waals surface area contributed by atoms with E-state index in [1.54, 1.807) is 43.5 Å². The van der Waals surface area contributed by atoms with E-state index in [2.05, 4.69) is 104 Å². The van der Waals surface area contributed by atoms with Crippen LogP contribution in [0.15, 0.2) is 150 Å². The van der Waals surface area contributed by atoms with Gasteiger partial charge >= 0.3 is 0 Å². The number of hydrogen-bond acceptors (Lipinski definition) is 18. The van der Waals surface area contributed by atoms with E-state index in [9.17, 15) is 24.4 Å². The summed E-state index contributed by atoms with van der Waals surface area (Å²) in [6.07, 6.45) is 8.86. The van der Waals surface area contributed by atoms with E-state index in [4.69, 9.17) is 45.0 Å². The first-order valence-electron chi connectivity index (χ1n) is 27.5. The summed E-state index contributed by atoms with van der Waals surface area (Å²) in [4.78, 5) is 78.5. The van der Waals surface area contributed by atoms with Crippen LogP contribution in [0.2, 0.25) is 15.7 Å². The molecule has 11 rings (SSSR count). The first kappa shape index (κ1) is 69.2. The molecule has 9 aromatic rings. The molecule has 22 nitrogen and oxygen atoms in total. The van der Waals surface area contributed by atoms with Crippen LogP contribution in [-0.2, 0) is 32.3 Å². The Morgan fingerprint density at radius 1 is 0.578 bits per heavy atom. The lowest BCUT2D eigenvalue weighted by Crippen LogP contribution is -2.38. The average molecular weight is 1340 g/mol. The van der Waals surface area contributed by atoms with Gasteiger partial charge in [0.25, 0.3) is 11.8 Å². The molecule has 0 atom stereocenters. The molecular weight excluding hydrogens is 1270 g/mol. The van der Waals surface area contributed by atoms with Gasteiger partial charge in [0.15, 0.2) is 16.8 Å². The second kappa shape index (κ2) is 33.4. The second-order valence-corrected chi connectivity index (χ2v) is 22.3. The van der Waals surface area contributed by atoms with Crippen LogP contribution in [0.1, 0.15) is 46.5 Å². The summed E-state index contributed by atoms with van der Waals surface area (Å²) >= 11 is 20.0. The van der Waals surface area contributed by atoms with E-state index in [1.165, 1.54) is 11.1 Å². The fourth-order valence-electron chi connectivity index (χ4n) is 8.48. The molecule has 0 saturated heterocycles. The standard InChI is InChI=1S/C23H22N6.C13H15ClN4.C10H8N2.C7H10N2O2.C6H7Cl2N3.C5H4BrNO2/c1-16-12-19-18(13-24)10-7-11-20(19)29(16)23-26-15-21(28(2)3)22(27-23)25-14-17-8-5-4-6-9-17;1-18(2)11-9-16-13(14)17-12(11)15-8-10-6-4-3-5-7-10;1-7-5-9-8(6-11)3-2-4-10(9)12-7;1-9(2)5-3-4-6(10)8-7(5)11;1-11(2)4-3-9-6(8)10-5(4)7;6-3-1-2-4(8)7-5(3)9/h4-12,15H,14H2,1-3H3,(H,25,26,27);3-7,9H,8H2,1-2H3,(H,15,16,17);2-5,12H,1H3;3H,4H2,1-2H3,(H,8,10,11);3H,1-2H3;1H,2H2,(H,7,8,9). The summed E-state index contributed by atoms with van der Waals surface area (Å²) in [7, 11) is 15.1. The monoisotopic (exact) mass is 1330 g/mol. The first-order valence-corrected chi connectivity index (χ1v) is 29.5. The Bertz CT molecular complexity index is 4140. The number of carbonyl (C=O) groups excluding carboxylic acids is 4. The van der Waals surface area contributed by atoms with Crippen LogP contribution in [-0.4, -0.2) is 124 Å². The third kappa shape index (κ3) is 19.8. The number of carbonyl (C=O) groups is 4. The molecule has 4 amide bonds. The number of nitrogens with one attached hydrogen (secondary N) is 5. The number of rotatable bonds is 11. The molecule has 90 heavy (non-hydrogen) atoms. The Morgan fingerprint density at radius 3 is 1.59 bits per heavy atom. The van der Waals surface area contributed by atoms with Crippen LogP contribution >= 0.6 is 50.7 Å². The first-order chi connectivity index (χ1) is 43.0. The third-order valence-electron chi connectivity index (χ3n) is 12.9. The van der Waals surface area contributed by atoms with Gasteiger partial charge in [0, 0.05) is 110 Å². The molecule has 4 aromatic carbocycles. The van der Waals surface area contributed by atoms with E-state index in [0.717, 1.165) is 67.5 Å². The zero-order valence-electron chi connectivity index (χ0n) is 51.1. The number of nitrogens with zero attached hydrogens (tertiary/aromatic N) is 13. The summed E-state index contributed by atoms with van der Waals surface area (Å²) in [6.45, 7) is 5.36. The topological polar surface area (TPSA) is 275 Å². The maximum Gasteiger partial charge on any atom is 0.273 e. The number of aryl methyl sites for hydroxylation is 2. The van der Waals surface area contributed by atoms with Gasteiger partial charge in [-0.05, 0) is 107 Å². The van der Waals surface area contributed by atoms with Crippen molar-refractivity contribution in [3.63, 3.8) is 0 Å². The molecule has 0 radical (unpaired) electrons. The number of nitriles is 2. The minimum atomic E-state index is -0.355. The number of likely N-dealkylation sites (N-methyl/N-ethyl adjacent to an activating group) is 1. The van der Waals surface area contributed by atoms with E-state index < -0.39 is 0 Å². The molecule has 464 valence electrons. The molecule has 0 saturated carbocycles. The normalized spacial score (nSPS) is 12.0. The van der Waals surface area contributed by atoms with Crippen molar-refractivity contribution in [3.8, 4) is 18.1 Å². The van der Waals surface area contributed by atoms with Gasteiger partial charge in [-0.1, -0.05) is 90.5 Å². The lowest BCUT2D eigenvalue weighted by atomic mass is 10.1. The fourth-order valence-corrected chi connectivity index (χ4v) is 9.35. The molecule has 0 unspecified atom stereocenters. The van der Waals surface area contributed by atoms with Crippen molar-refractivity contribution in [1.82, 2.24) is 55.0 Å². The van der Waals surface area contributed by atoms with Crippen molar-refractivity contribution >= 4 is 125 Å². The maximum atomic E-state index is 11.0. The highest BCUT2D eigenvalue weighted by Crippen LogP contribution is 2.29. The summed E-state index contributed by atoms with van der Waals surface area (Å²) in [5.74, 6) is 0.931. The highest BCUT2D eigenvalue weighted by atomic mass is 79.9. The quantitative estimate of drug-likeness (QED) is 0.0457. The summed E-state index contributed by atoms with van der Waals surface area (Å²) < 4.78 is 2.42. The summed E-state index contributed by atoms with van der Waals surface area (Å²) in [5.41, 5.74) is 10.9. The minimum absolute atomic E-state index is 0.167. The number of aromatic nitrogens is 8. The molecule has 5 N–H and O–H groups in total. The Morgan fingerprint density at radius 2 is 1.08 bits per heavy atom. The Hall–Kier alpha value is -9.91. The van der Waals surface area contributed by atoms with E-state index in [0.29, 0.717) is 46.4 Å². The van der Waals surface area contributed by atoms with Crippen molar-refractivity contribution in [1.29, 1.82) is 10.5 Å². The van der Waals surface area contributed by atoms with Gasteiger partial charge in [-0.25, -0.2) is 19.9 Å². The highest BCUT2D eigenvalue weighted by Gasteiger charge is 2.20. The molecule has 5 aromatic heterocycles. The number of anilines is 5. The molecular formula is C64H66BrCl3N18O4. The van der Waals surface area contributed by atoms with Gasteiger partial charge < -0.3 is 35.2 Å². The average Bonchev–Trinajstić information content (AvgIpc) is 1.63. The molecule has 0 bridgehead atoms. The molecule has 0 spiro atoms. The van der Waals surface area contributed by atoms with Gasteiger partial charge in [0.2, 0.25) is 28.3 Å². The second-order valence-electron chi connectivity index (χ2n) is 20.5. The summed E-state index contributed by atoms with van der Waals surface area (Å²) in [6, 6.07) is 40.2. The zero-order chi connectivity index (χ0) is 65.6. The molecule has 26 heteroatoms. The van der Waals surface area contributed by atoms with Gasteiger partial charge in [-0.2, -0.15) is 20.5 Å². The molecule has 2 aliphatic rings. The van der Waals surface area contributed by atoms with Crippen LogP contribution < -0.4 is 36.0 Å². The Balaban J connectivity index is 0.000000183. The number of amides is 4. The third-order valence-corrected chi connectivity index (χ3v) is 14.2. The number of imide groups is 2. The van der Waals surface area contributed by atoms with Crippen molar-refractivity contribution in [2.24, 2.45) is 0 Å². The number of H-pyrrole nitrogens is 1. The van der Waals surface area contributed by atoms with E-state index in [-0.39, 0.29) is 40.6 Å². The maximum absolute atomic E-state index is 11.0. The van der Waals surface area contributed by atoms with Gasteiger partial charge in [-0.15, -0.1) is 0 Å². The number of halogens is 4. The van der Waals surface area contributed by atoms with Crippen LogP contribution in [0.25, 0.3) is 27.8 Å². The molecule has 2 aliphatic heterocycles. The van der Waals surface area contributed by atoms with Crippen LogP contribution in [0, 0.1) is 36.5 Å². The number of fused-ring (bicyclic) bond motifs is 2. The zero-order valence-corrected chi connectivity index (χ0v) is 54.9. The van der Waals surface area contributed by atoms with Crippen LogP contribution in [0.3, 0.4) is 0 Å². The predicted molar refractivity (Wildman–Crippen MR) is 360 cm³/mol. The number of benzene rings is 4. The van der Waals surface area contributed by atoms with Crippen molar-refractivity contribution < 1.29 is 19.2 Å². The van der Waals surface area contributed by atoms with Gasteiger partial charge in [0.05, 0.1) is 74.6 Å². The van der Waals surface area contributed by atoms with Crippen LogP contribution in [0.4, 0.5) is 28.7 Å². The highest BCUT2D eigenvalue weighted by molar-refractivity contribution is 9.12. The number of aromatic amines is 1. The lowest BCUT2D eigenvalue weighted by Gasteiger charge is -2.19. The van der Waals surface area contributed by atoms with Crippen molar-refractivity contribution in [3.05, 3.63) is 199 Å². The van der Waals surface area contributed by atoms with Gasteiger partial charge in [-0.3, -0.25) is 34.4 Å². The number of hydrogen-bond donors (Lipinski definition) is 5. The summed E-state index contributed by atoms with van der Waals surface area (Å²) in [5, 5.41) is 32.0. The molecule has 7 heterocycles. The van der Waals surface area contributed by atoms with Crippen molar-refractivity contribution in [2.45, 2.75) is 39.8 Å².